The van der Waals surface area contributed by atoms with Crippen LogP contribution in [0.4, 0.5) is 0 Å². The van der Waals surface area contributed by atoms with Crippen LogP contribution in [0.1, 0.15) is 30.3 Å². The molecule has 0 aliphatic carbocycles. The van der Waals surface area contributed by atoms with E-state index in [4.69, 9.17) is 5.73 Å². The van der Waals surface area contributed by atoms with Crippen molar-refractivity contribution in [2.24, 2.45) is 18.7 Å². The number of aromatic nitrogens is 2. The quantitative estimate of drug-likeness (QED) is 0.858. The van der Waals surface area contributed by atoms with E-state index in [-0.39, 0.29) is 0 Å². The Bertz CT molecular complexity index is 396. The molecule has 1 aromatic rings. The van der Waals surface area contributed by atoms with Crippen LogP contribution in [0.2, 0.25) is 0 Å². The van der Waals surface area contributed by atoms with E-state index in [0.717, 1.165) is 25.3 Å². The third-order valence-corrected chi connectivity index (χ3v) is 4.14. The van der Waals surface area contributed by atoms with Crippen molar-refractivity contribution in [3.8, 4) is 0 Å². The van der Waals surface area contributed by atoms with Gasteiger partial charge in [-0.25, -0.2) is 0 Å². The number of nitrogens with zero attached hydrogens (tertiary/aromatic N) is 3. The molecule has 0 spiro atoms. The van der Waals surface area contributed by atoms with Gasteiger partial charge in [0, 0.05) is 37.4 Å². The summed E-state index contributed by atoms with van der Waals surface area (Å²) in [6.45, 7) is 9.51. The van der Waals surface area contributed by atoms with E-state index >= 15 is 0 Å². The highest BCUT2D eigenvalue weighted by atomic mass is 15.3. The lowest BCUT2D eigenvalue weighted by Gasteiger charge is -2.21. The van der Waals surface area contributed by atoms with Crippen molar-refractivity contribution < 1.29 is 0 Å². The molecule has 17 heavy (non-hydrogen) atoms. The highest BCUT2D eigenvalue weighted by molar-refractivity contribution is 5.24. The van der Waals surface area contributed by atoms with E-state index in [1.165, 1.54) is 17.7 Å². The summed E-state index contributed by atoms with van der Waals surface area (Å²) in [6.07, 6.45) is 1.23. The third-order valence-electron chi connectivity index (χ3n) is 4.14. The number of rotatable bonds is 3. The molecule has 1 aliphatic rings. The molecule has 2 N–H and O–H groups in total. The van der Waals surface area contributed by atoms with Crippen LogP contribution in [0.15, 0.2) is 0 Å². The highest BCUT2D eigenvalue weighted by Gasteiger charge is 2.29. The first kappa shape index (κ1) is 12.6. The van der Waals surface area contributed by atoms with Crippen LogP contribution in [-0.2, 0) is 13.6 Å². The van der Waals surface area contributed by atoms with Crippen molar-refractivity contribution in [3.05, 3.63) is 17.0 Å². The smallest absolute Gasteiger partial charge is 0.0641 e. The molecule has 2 atom stereocenters. The monoisotopic (exact) mass is 236 g/mol. The molecule has 1 fully saturated rings. The number of nitrogens with two attached hydrogens (primary N) is 1. The van der Waals surface area contributed by atoms with Gasteiger partial charge in [-0.1, -0.05) is 0 Å². The van der Waals surface area contributed by atoms with Gasteiger partial charge in [-0.2, -0.15) is 5.10 Å². The molecule has 2 heterocycles. The Morgan fingerprint density at radius 1 is 1.41 bits per heavy atom. The minimum atomic E-state index is 0.641. The SMILES string of the molecule is Cc1nn(C)c(C)c1CN1CC(CN)CC1C. The van der Waals surface area contributed by atoms with Crippen LogP contribution in [0.3, 0.4) is 0 Å². The lowest BCUT2D eigenvalue weighted by atomic mass is 10.1. The Morgan fingerprint density at radius 2 is 2.12 bits per heavy atom. The molecule has 4 nitrogen and oxygen atoms in total. The Kier molecular flexibility index (Phi) is 3.54. The van der Waals surface area contributed by atoms with E-state index in [9.17, 15) is 0 Å². The fourth-order valence-corrected chi connectivity index (χ4v) is 2.86. The van der Waals surface area contributed by atoms with Crippen molar-refractivity contribution >= 4 is 0 Å². The zero-order chi connectivity index (χ0) is 12.6. The van der Waals surface area contributed by atoms with Crippen molar-refractivity contribution in [2.75, 3.05) is 13.1 Å². The second-order valence-electron chi connectivity index (χ2n) is 5.39. The van der Waals surface area contributed by atoms with Gasteiger partial charge in [0.25, 0.3) is 0 Å². The van der Waals surface area contributed by atoms with Crippen LogP contribution in [0.25, 0.3) is 0 Å². The summed E-state index contributed by atoms with van der Waals surface area (Å²) in [5, 5.41) is 4.48. The number of hydrogen-bond acceptors (Lipinski definition) is 3. The van der Waals surface area contributed by atoms with Crippen LogP contribution in [-0.4, -0.2) is 33.8 Å². The maximum atomic E-state index is 5.77. The summed E-state index contributed by atoms with van der Waals surface area (Å²) in [5.41, 5.74) is 9.60. The molecule has 2 unspecified atom stereocenters. The van der Waals surface area contributed by atoms with Crippen LogP contribution >= 0.6 is 0 Å². The van der Waals surface area contributed by atoms with E-state index in [2.05, 4.69) is 30.8 Å². The lowest BCUT2D eigenvalue weighted by molar-refractivity contribution is 0.255. The molecule has 96 valence electrons. The van der Waals surface area contributed by atoms with Gasteiger partial charge in [0.05, 0.1) is 5.69 Å². The summed E-state index contributed by atoms with van der Waals surface area (Å²) in [7, 11) is 2.02. The molecule has 1 aromatic heterocycles. The fraction of sp³-hybridized carbons (Fsp3) is 0.769. The average Bonchev–Trinajstić information content (AvgIpc) is 2.75. The van der Waals surface area contributed by atoms with Gasteiger partial charge < -0.3 is 5.73 Å². The van der Waals surface area contributed by atoms with E-state index in [1.54, 1.807) is 0 Å². The highest BCUT2D eigenvalue weighted by Crippen LogP contribution is 2.25. The van der Waals surface area contributed by atoms with Gasteiger partial charge in [-0.3, -0.25) is 9.58 Å². The summed E-state index contributed by atoms with van der Waals surface area (Å²) in [4.78, 5) is 2.54. The first-order valence-corrected chi connectivity index (χ1v) is 6.46. The molecule has 0 radical (unpaired) electrons. The van der Waals surface area contributed by atoms with Gasteiger partial charge in [0.1, 0.15) is 0 Å². The van der Waals surface area contributed by atoms with Gasteiger partial charge in [-0.05, 0) is 39.7 Å². The van der Waals surface area contributed by atoms with E-state index in [0.29, 0.717) is 12.0 Å². The van der Waals surface area contributed by atoms with Crippen molar-refractivity contribution in [1.82, 2.24) is 14.7 Å². The van der Waals surface area contributed by atoms with Crippen molar-refractivity contribution in [1.29, 1.82) is 0 Å². The minimum Gasteiger partial charge on any atom is -0.330 e. The second kappa shape index (κ2) is 4.78. The number of aryl methyl sites for hydroxylation is 2. The molecule has 1 saturated heterocycles. The Labute approximate surface area is 104 Å². The Balaban J connectivity index is 2.11. The normalized spacial score (nSPS) is 25.7. The predicted octanol–water partition coefficient (Wildman–Crippen LogP) is 1.21. The van der Waals surface area contributed by atoms with Crippen molar-refractivity contribution in [2.45, 2.75) is 39.8 Å². The van der Waals surface area contributed by atoms with E-state index < -0.39 is 0 Å². The minimum absolute atomic E-state index is 0.641. The standard InChI is InChI=1S/C13H24N4/c1-9-5-12(6-14)7-17(9)8-13-10(2)15-16(4)11(13)3/h9,12H,5-8,14H2,1-4H3. The molecular formula is C13H24N4. The molecule has 4 heteroatoms. The fourth-order valence-electron chi connectivity index (χ4n) is 2.86. The maximum Gasteiger partial charge on any atom is 0.0641 e. The summed E-state index contributed by atoms with van der Waals surface area (Å²) < 4.78 is 1.98. The molecular weight excluding hydrogens is 212 g/mol. The van der Waals surface area contributed by atoms with Crippen LogP contribution in [0.5, 0.6) is 0 Å². The number of likely N-dealkylation sites (tertiary alicyclic amines) is 1. The average molecular weight is 236 g/mol. The zero-order valence-corrected chi connectivity index (χ0v) is 11.4. The zero-order valence-electron chi connectivity index (χ0n) is 11.4. The third kappa shape index (κ3) is 2.38. The van der Waals surface area contributed by atoms with Gasteiger partial charge >= 0.3 is 0 Å². The van der Waals surface area contributed by atoms with Crippen LogP contribution in [0, 0.1) is 19.8 Å². The van der Waals surface area contributed by atoms with Crippen LogP contribution < -0.4 is 5.73 Å². The van der Waals surface area contributed by atoms with Crippen molar-refractivity contribution in [3.63, 3.8) is 0 Å². The summed E-state index contributed by atoms with van der Waals surface area (Å²) in [6, 6.07) is 0.641. The molecule has 0 aromatic carbocycles. The first-order valence-electron chi connectivity index (χ1n) is 6.46. The van der Waals surface area contributed by atoms with Gasteiger partial charge in [0.15, 0.2) is 0 Å². The predicted molar refractivity (Wildman–Crippen MR) is 69.7 cm³/mol. The molecule has 0 saturated carbocycles. The summed E-state index contributed by atoms with van der Waals surface area (Å²) >= 11 is 0. The maximum absolute atomic E-state index is 5.77. The molecule has 1 aliphatic heterocycles. The largest absolute Gasteiger partial charge is 0.330 e. The molecule has 0 amide bonds. The van der Waals surface area contributed by atoms with Gasteiger partial charge in [0.2, 0.25) is 0 Å². The topological polar surface area (TPSA) is 47.1 Å². The number of hydrogen-bond donors (Lipinski definition) is 1. The Morgan fingerprint density at radius 3 is 2.59 bits per heavy atom. The van der Waals surface area contributed by atoms with Gasteiger partial charge in [-0.15, -0.1) is 0 Å². The van der Waals surface area contributed by atoms with E-state index in [1.807, 2.05) is 11.7 Å². The summed E-state index contributed by atoms with van der Waals surface area (Å²) in [5.74, 6) is 0.669. The Hall–Kier alpha value is -0.870. The molecule has 2 rings (SSSR count). The molecule has 0 bridgehead atoms. The lowest BCUT2D eigenvalue weighted by Crippen LogP contribution is -2.27. The first-order chi connectivity index (χ1) is 8.02. The second-order valence-corrected chi connectivity index (χ2v) is 5.39.